The topological polar surface area (TPSA) is 76.0 Å². The van der Waals surface area contributed by atoms with Crippen LogP contribution in [0.15, 0.2) is 84.6 Å². The van der Waals surface area contributed by atoms with Crippen LogP contribution in [0, 0.1) is 0 Å². The number of hydrogen-bond donors (Lipinski definition) is 2. The van der Waals surface area contributed by atoms with Crippen LogP contribution in [-0.4, -0.2) is 26.7 Å². The van der Waals surface area contributed by atoms with Gasteiger partial charge < -0.3 is 0 Å². The average molecular weight is 424 g/mol. The normalized spacial score (nSPS) is 13.8. The lowest BCUT2D eigenvalue weighted by molar-refractivity contribution is -0.123. The minimum absolute atomic E-state index is 0.00174. The molecule has 0 spiro atoms. The van der Waals surface area contributed by atoms with Gasteiger partial charge in [-0.15, -0.1) is 0 Å². The number of aromatic nitrogens is 2. The zero-order chi connectivity index (χ0) is 21.4. The third kappa shape index (κ3) is 3.62. The molecule has 150 valence electrons. The van der Waals surface area contributed by atoms with Crippen molar-refractivity contribution in [3.8, 4) is 16.9 Å². The SMILES string of the molecule is O=C1NC(=S)NC(=O)C1=Cc1cn(-c2ccccc2)nc1-c1ccc2ccccc2c1. The fourth-order valence-electron chi connectivity index (χ4n) is 3.53. The second-order valence-corrected chi connectivity index (χ2v) is 7.48. The highest BCUT2D eigenvalue weighted by Gasteiger charge is 2.26. The van der Waals surface area contributed by atoms with E-state index in [1.54, 1.807) is 17.0 Å². The molecule has 1 aliphatic rings. The molecule has 1 fully saturated rings. The molecule has 1 saturated heterocycles. The van der Waals surface area contributed by atoms with Crippen LogP contribution in [0.2, 0.25) is 0 Å². The van der Waals surface area contributed by atoms with Gasteiger partial charge in [-0.3, -0.25) is 20.2 Å². The molecular formula is C24H16N4O2S. The maximum Gasteiger partial charge on any atom is 0.263 e. The van der Waals surface area contributed by atoms with Crippen molar-refractivity contribution < 1.29 is 9.59 Å². The van der Waals surface area contributed by atoms with Gasteiger partial charge in [0.25, 0.3) is 11.8 Å². The number of nitrogens with zero attached hydrogens (tertiary/aromatic N) is 2. The van der Waals surface area contributed by atoms with E-state index in [0.29, 0.717) is 11.3 Å². The van der Waals surface area contributed by atoms with Crippen molar-refractivity contribution in [2.45, 2.75) is 0 Å². The fraction of sp³-hybridized carbons (Fsp3) is 0. The molecule has 1 aliphatic heterocycles. The Hall–Kier alpha value is -4.10. The number of para-hydroxylation sites is 1. The minimum atomic E-state index is -0.536. The highest BCUT2D eigenvalue weighted by Crippen LogP contribution is 2.29. The van der Waals surface area contributed by atoms with Gasteiger partial charge in [0, 0.05) is 17.3 Å². The highest BCUT2D eigenvalue weighted by atomic mass is 32.1. The molecule has 0 aliphatic carbocycles. The van der Waals surface area contributed by atoms with Crippen molar-refractivity contribution in [3.63, 3.8) is 0 Å². The monoisotopic (exact) mass is 424 g/mol. The highest BCUT2D eigenvalue weighted by molar-refractivity contribution is 7.80. The van der Waals surface area contributed by atoms with Crippen LogP contribution < -0.4 is 10.6 Å². The zero-order valence-electron chi connectivity index (χ0n) is 16.2. The molecule has 31 heavy (non-hydrogen) atoms. The van der Waals surface area contributed by atoms with Crippen molar-refractivity contribution in [1.82, 2.24) is 20.4 Å². The predicted octanol–water partition coefficient (Wildman–Crippen LogP) is 3.61. The summed E-state index contributed by atoms with van der Waals surface area (Å²) in [5.41, 5.74) is 3.03. The van der Waals surface area contributed by atoms with Gasteiger partial charge in [0.1, 0.15) is 5.57 Å². The summed E-state index contributed by atoms with van der Waals surface area (Å²) >= 11 is 4.89. The lowest BCUT2D eigenvalue weighted by Crippen LogP contribution is -2.51. The number of hydrogen-bond acceptors (Lipinski definition) is 4. The molecule has 0 unspecified atom stereocenters. The summed E-state index contributed by atoms with van der Waals surface area (Å²) in [4.78, 5) is 24.7. The molecule has 2 N–H and O–H groups in total. The van der Waals surface area contributed by atoms with E-state index in [1.807, 2.05) is 72.8 Å². The van der Waals surface area contributed by atoms with E-state index in [4.69, 9.17) is 17.3 Å². The maximum absolute atomic E-state index is 12.4. The van der Waals surface area contributed by atoms with E-state index >= 15 is 0 Å². The van der Waals surface area contributed by atoms with Gasteiger partial charge in [-0.25, -0.2) is 4.68 Å². The first-order chi connectivity index (χ1) is 15.1. The van der Waals surface area contributed by atoms with Crippen molar-refractivity contribution in [2.75, 3.05) is 0 Å². The number of nitrogens with one attached hydrogen (secondary N) is 2. The summed E-state index contributed by atoms with van der Waals surface area (Å²) < 4.78 is 1.74. The van der Waals surface area contributed by atoms with Crippen molar-refractivity contribution in [2.24, 2.45) is 0 Å². The minimum Gasteiger partial charge on any atom is -0.299 e. The molecule has 2 heterocycles. The molecule has 3 aromatic carbocycles. The Morgan fingerprint density at radius 1 is 0.839 bits per heavy atom. The van der Waals surface area contributed by atoms with Gasteiger partial charge >= 0.3 is 0 Å². The smallest absolute Gasteiger partial charge is 0.263 e. The number of carbonyl (C=O) groups excluding carboxylic acids is 2. The van der Waals surface area contributed by atoms with Crippen LogP contribution in [0.25, 0.3) is 33.8 Å². The van der Waals surface area contributed by atoms with Gasteiger partial charge in [0.2, 0.25) is 0 Å². The fourth-order valence-corrected chi connectivity index (χ4v) is 3.71. The van der Waals surface area contributed by atoms with Crippen molar-refractivity contribution in [1.29, 1.82) is 0 Å². The van der Waals surface area contributed by atoms with E-state index in [0.717, 1.165) is 22.0 Å². The number of rotatable bonds is 3. The van der Waals surface area contributed by atoms with E-state index in [9.17, 15) is 9.59 Å². The maximum atomic E-state index is 12.4. The summed E-state index contributed by atoms with van der Waals surface area (Å²) in [7, 11) is 0. The third-order valence-electron chi connectivity index (χ3n) is 5.03. The zero-order valence-corrected chi connectivity index (χ0v) is 17.0. The molecule has 4 aromatic rings. The number of carbonyl (C=O) groups is 2. The summed E-state index contributed by atoms with van der Waals surface area (Å²) in [5, 5.41) is 11.9. The Morgan fingerprint density at radius 3 is 2.26 bits per heavy atom. The van der Waals surface area contributed by atoms with E-state index in [-0.39, 0.29) is 10.7 Å². The van der Waals surface area contributed by atoms with Crippen LogP contribution in [0.5, 0.6) is 0 Å². The predicted molar refractivity (Wildman–Crippen MR) is 123 cm³/mol. The lowest BCUT2D eigenvalue weighted by Gasteiger charge is -2.16. The molecule has 1 aromatic heterocycles. The molecule has 2 amide bonds. The molecule has 0 radical (unpaired) electrons. The van der Waals surface area contributed by atoms with Gasteiger partial charge in [0.15, 0.2) is 5.11 Å². The number of amides is 2. The van der Waals surface area contributed by atoms with Crippen LogP contribution in [-0.2, 0) is 9.59 Å². The van der Waals surface area contributed by atoms with Crippen LogP contribution in [0.3, 0.4) is 0 Å². The Morgan fingerprint density at radius 2 is 1.52 bits per heavy atom. The second kappa shape index (κ2) is 7.62. The first-order valence-electron chi connectivity index (χ1n) is 9.61. The van der Waals surface area contributed by atoms with Crippen LogP contribution in [0.4, 0.5) is 0 Å². The van der Waals surface area contributed by atoms with Crippen molar-refractivity contribution in [3.05, 3.63) is 90.1 Å². The lowest BCUT2D eigenvalue weighted by atomic mass is 10.0. The van der Waals surface area contributed by atoms with E-state index in [1.165, 1.54) is 0 Å². The first-order valence-corrected chi connectivity index (χ1v) is 10.0. The standard InChI is InChI=1S/C24H16N4O2S/c29-22-20(23(30)26-24(31)25-22)13-18-14-28(19-8-2-1-3-9-19)27-21(18)17-11-10-15-6-4-5-7-16(15)12-17/h1-14H,(H2,25,26,29,30,31). The summed E-state index contributed by atoms with van der Waals surface area (Å²) in [6.07, 6.45) is 3.35. The molecule has 0 bridgehead atoms. The molecule has 0 saturated carbocycles. The molecule has 7 heteroatoms. The number of thiocarbonyl (C=S) groups is 1. The van der Waals surface area contributed by atoms with Gasteiger partial charge in [-0.1, -0.05) is 54.6 Å². The summed E-state index contributed by atoms with van der Waals surface area (Å²) in [6.45, 7) is 0. The second-order valence-electron chi connectivity index (χ2n) is 7.07. The Bertz CT molecular complexity index is 1370. The molecule has 5 rings (SSSR count). The van der Waals surface area contributed by atoms with E-state index < -0.39 is 11.8 Å². The first kappa shape index (κ1) is 18.9. The Kier molecular flexibility index (Phi) is 4.65. The van der Waals surface area contributed by atoms with E-state index in [2.05, 4.69) is 10.6 Å². The number of benzene rings is 3. The van der Waals surface area contributed by atoms with Crippen LogP contribution in [0.1, 0.15) is 5.56 Å². The van der Waals surface area contributed by atoms with Gasteiger partial charge in [-0.05, 0) is 47.3 Å². The quantitative estimate of drug-likeness (QED) is 0.299. The van der Waals surface area contributed by atoms with Crippen molar-refractivity contribution >= 4 is 46.0 Å². The average Bonchev–Trinajstić information content (AvgIpc) is 3.20. The largest absolute Gasteiger partial charge is 0.299 e. The molecule has 6 nitrogen and oxygen atoms in total. The Balaban J connectivity index is 1.68. The van der Waals surface area contributed by atoms with Gasteiger partial charge in [0.05, 0.1) is 11.4 Å². The summed E-state index contributed by atoms with van der Waals surface area (Å²) in [6, 6.07) is 23.8. The summed E-state index contributed by atoms with van der Waals surface area (Å²) in [5.74, 6) is -1.07. The Labute approximate surface area is 183 Å². The molecule has 0 atom stereocenters. The van der Waals surface area contributed by atoms with Crippen LogP contribution >= 0.6 is 12.2 Å². The number of fused-ring (bicyclic) bond motifs is 1. The molecular weight excluding hydrogens is 408 g/mol. The third-order valence-corrected chi connectivity index (χ3v) is 5.23. The van der Waals surface area contributed by atoms with Gasteiger partial charge in [-0.2, -0.15) is 5.10 Å².